The van der Waals surface area contributed by atoms with Crippen molar-refractivity contribution in [3.05, 3.63) is 93.9 Å². The quantitative estimate of drug-likeness (QED) is 0.142. The van der Waals surface area contributed by atoms with E-state index in [9.17, 15) is 24.0 Å². The van der Waals surface area contributed by atoms with Crippen molar-refractivity contribution in [2.75, 3.05) is 48.7 Å². The Morgan fingerprint density at radius 3 is 2.41 bits per heavy atom. The molecule has 0 spiro atoms. The van der Waals surface area contributed by atoms with Crippen LogP contribution in [0.3, 0.4) is 0 Å². The molecule has 314 valence electrons. The van der Waals surface area contributed by atoms with Gasteiger partial charge in [-0.1, -0.05) is 24.3 Å². The van der Waals surface area contributed by atoms with E-state index >= 15 is 4.39 Å². The number of imide groups is 2. The van der Waals surface area contributed by atoms with Gasteiger partial charge in [0.1, 0.15) is 11.9 Å². The Balaban J connectivity index is 0.767. The van der Waals surface area contributed by atoms with Crippen LogP contribution in [0.5, 0.6) is 0 Å². The highest BCUT2D eigenvalue weighted by molar-refractivity contribution is 6.23. The number of amides is 5. The molecule has 4 aliphatic rings. The van der Waals surface area contributed by atoms with Crippen molar-refractivity contribution in [2.24, 2.45) is 13.0 Å². The number of nitrogens with zero attached hydrogens (tertiary/aromatic N) is 7. The largest absolute Gasteiger partial charge is 0.374 e. The van der Waals surface area contributed by atoms with Crippen molar-refractivity contribution in [3.63, 3.8) is 0 Å². The summed E-state index contributed by atoms with van der Waals surface area (Å²) in [5, 5.41) is 17.4. The first-order valence-electron chi connectivity index (χ1n) is 20.6. The maximum Gasteiger partial charge on any atom is 0.262 e. The van der Waals surface area contributed by atoms with Crippen LogP contribution in [0.25, 0.3) is 11.0 Å². The van der Waals surface area contributed by atoms with Gasteiger partial charge in [0.05, 0.1) is 28.7 Å². The van der Waals surface area contributed by atoms with E-state index in [0.717, 1.165) is 77.8 Å². The van der Waals surface area contributed by atoms with Gasteiger partial charge in [-0.2, -0.15) is 10.1 Å². The lowest BCUT2D eigenvalue weighted by atomic mass is 9.93. The van der Waals surface area contributed by atoms with E-state index in [1.807, 2.05) is 13.1 Å². The molecule has 4 N–H and O–H groups in total. The van der Waals surface area contributed by atoms with Gasteiger partial charge in [-0.3, -0.25) is 39.1 Å². The second-order valence-corrected chi connectivity index (χ2v) is 16.4. The predicted molar refractivity (Wildman–Crippen MR) is 225 cm³/mol. The summed E-state index contributed by atoms with van der Waals surface area (Å²) in [6.45, 7) is 7.78. The molecule has 0 bridgehead atoms. The van der Waals surface area contributed by atoms with Gasteiger partial charge in [-0.15, -0.1) is 0 Å². The smallest absolute Gasteiger partial charge is 0.262 e. The van der Waals surface area contributed by atoms with Gasteiger partial charge < -0.3 is 20.9 Å². The van der Waals surface area contributed by atoms with Gasteiger partial charge in [-0.05, 0) is 92.0 Å². The number of likely N-dealkylation sites (tertiary alicyclic amines) is 1. The van der Waals surface area contributed by atoms with E-state index in [2.05, 4.69) is 75.3 Å². The molecule has 5 aromatic rings. The van der Waals surface area contributed by atoms with E-state index in [1.165, 1.54) is 17.2 Å². The Labute approximate surface area is 350 Å². The van der Waals surface area contributed by atoms with E-state index in [1.54, 1.807) is 15.8 Å². The molecule has 0 aliphatic carbocycles. The van der Waals surface area contributed by atoms with Gasteiger partial charge in [0.2, 0.25) is 23.7 Å². The van der Waals surface area contributed by atoms with Crippen LogP contribution in [0.4, 0.5) is 33.2 Å². The van der Waals surface area contributed by atoms with Crippen LogP contribution in [-0.4, -0.2) is 103 Å². The standard InChI is InChI=1S/C44H46FN11O5/c1-24-5-4-6-25(2)38(24)50-39-32-20-47-44(51-40(32)53(3)52-39)48-29-8-7-27-13-14-54(23-28(27)17-29)22-26-11-15-55(16-12-26)37(58)21-46-34-19-31-30(18-33(34)45)42(60)56(43(31)61)35-9-10-36(57)49-41(35)59/h4-8,17-20,26,35,46H,9-16,21-23H2,1-3H3,(H,50,52)(H,47,48,51)(H,49,57,59). The predicted octanol–water partition coefficient (Wildman–Crippen LogP) is 4.72. The number of hydrogen-bond acceptors (Lipinski definition) is 12. The number of carbonyl (C=O) groups excluding carboxylic acids is 5. The molecule has 9 rings (SSSR count). The van der Waals surface area contributed by atoms with E-state index in [0.29, 0.717) is 36.4 Å². The summed E-state index contributed by atoms with van der Waals surface area (Å²) >= 11 is 0. The fourth-order valence-corrected chi connectivity index (χ4v) is 8.94. The molecule has 2 fully saturated rings. The lowest BCUT2D eigenvalue weighted by Gasteiger charge is -2.36. The molecule has 0 saturated carbocycles. The molecular weight excluding hydrogens is 782 g/mol. The number of benzene rings is 3. The number of rotatable bonds is 10. The summed E-state index contributed by atoms with van der Waals surface area (Å²) < 4.78 is 16.9. The maximum atomic E-state index is 15.2. The van der Waals surface area contributed by atoms with Crippen molar-refractivity contribution < 1.29 is 28.4 Å². The van der Waals surface area contributed by atoms with Crippen molar-refractivity contribution in [1.29, 1.82) is 0 Å². The molecule has 6 heterocycles. The third-order valence-corrected chi connectivity index (χ3v) is 12.3. The van der Waals surface area contributed by atoms with E-state index in [4.69, 9.17) is 10.1 Å². The van der Waals surface area contributed by atoms with Crippen LogP contribution in [0.1, 0.15) is 68.7 Å². The van der Waals surface area contributed by atoms with Crippen molar-refractivity contribution >= 4 is 69.4 Å². The van der Waals surface area contributed by atoms with Gasteiger partial charge >= 0.3 is 0 Å². The van der Waals surface area contributed by atoms with Crippen LogP contribution >= 0.6 is 0 Å². The first-order chi connectivity index (χ1) is 29.4. The monoisotopic (exact) mass is 827 g/mol. The number of halogens is 1. The Hall–Kier alpha value is -6.75. The van der Waals surface area contributed by atoms with Gasteiger partial charge in [0.15, 0.2) is 11.5 Å². The lowest BCUT2D eigenvalue weighted by Crippen LogP contribution is -2.54. The molecule has 1 atom stereocenters. The zero-order valence-corrected chi connectivity index (χ0v) is 34.2. The highest BCUT2D eigenvalue weighted by Gasteiger charge is 2.45. The summed E-state index contributed by atoms with van der Waals surface area (Å²) in [5.74, 6) is -2.15. The number of anilines is 5. The third-order valence-electron chi connectivity index (χ3n) is 12.3. The molecule has 0 radical (unpaired) electrons. The third kappa shape index (κ3) is 7.76. The van der Waals surface area contributed by atoms with Crippen LogP contribution in [0, 0.1) is 25.6 Å². The van der Waals surface area contributed by atoms with E-state index < -0.39 is 35.5 Å². The number of nitrogens with one attached hydrogen (secondary N) is 4. The lowest BCUT2D eigenvalue weighted by molar-refractivity contribution is -0.136. The molecule has 4 aliphatic heterocycles. The highest BCUT2D eigenvalue weighted by atomic mass is 19.1. The minimum Gasteiger partial charge on any atom is -0.374 e. The summed E-state index contributed by atoms with van der Waals surface area (Å²) in [4.78, 5) is 77.9. The van der Waals surface area contributed by atoms with Crippen LogP contribution in [0.15, 0.2) is 54.7 Å². The molecule has 61 heavy (non-hydrogen) atoms. The summed E-state index contributed by atoms with van der Waals surface area (Å²) in [6.07, 6.45) is 4.40. The Morgan fingerprint density at radius 1 is 0.902 bits per heavy atom. The summed E-state index contributed by atoms with van der Waals surface area (Å²) in [7, 11) is 1.87. The van der Waals surface area contributed by atoms with Crippen molar-refractivity contribution in [1.82, 2.24) is 39.8 Å². The molecule has 5 amide bonds. The second kappa shape index (κ2) is 16.0. The minimum absolute atomic E-state index is 0.00281. The van der Waals surface area contributed by atoms with E-state index in [-0.39, 0.29) is 42.1 Å². The average Bonchev–Trinajstić information content (AvgIpc) is 3.67. The molecule has 1 unspecified atom stereocenters. The number of aromatic nitrogens is 4. The average molecular weight is 828 g/mol. The van der Waals surface area contributed by atoms with Crippen molar-refractivity contribution in [3.8, 4) is 0 Å². The SMILES string of the molecule is Cc1cccc(C)c1Nc1nn(C)c2nc(Nc3ccc4c(c3)CN(CC3CCN(C(=O)CNc5cc6c(cc5F)C(=O)N(C5CCC(=O)NC5=O)C6=O)CC3)CC4)ncc12. The molecule has 16 nitrogen and oxygen atoms in total. The number of fused-ring (bicyclic) bond motifs is 3. The van der Waals surface area contributed by atoms with Crippen LogP contribution < -0.4 is 21.3 Å². The maximum absolute atomic E-state index is 15.2. The van der Waals surface area contributed by atoms with Gasteiger partial charge in [0.25, 0.3) is 11.8 Å². The fraction of sp³-hybridized carbons (Fsp3) is 0.364. The number of carbonyl (C=O) groups is 5. The van der Waals surface area contributed by atoms with Crippen LogP contribution in [-0.2, 0) is 34.4 Å². The first kappa shape index (κ1) is 39.7. The van der Waals surface area contributed by atoms with Crippen LogP contribution in [0.2, 0.25) is 0 Å². The van der Waals surface area contributed by atoms with Gasteiger partial charge in [0, 0.05) is 63.8 Å². The number of hydrogen-bond donors (Lipinski definition) is 4. The summed E-state index contributed by atoms with van der Waals surface area (Å²) in [5.41, 5.74) is 7.17. The molecule has 2 saturated heterocycles. The normalized spacial score (nSPS) is 18.3. The zero-order chi connectivity index (χ0) is 42.5. The van der Waals surface area contributed by atoms with Gasteiger partial charge in [-0.25, -0.2) is 14.1 Å². The second-order valence-electron chi connectivity index (χ2n) is 16.4. The fourth-order valence-electron chi connectivity index (χ4n) is 8.94. The zero-order valence-electron chi connectivity index (χ0n) is 34.2. The molecule has 17 heteroatoms. The Kier molecular flexibility index (Phi) is 10.4. The summed E-state index contributed by atoms with van der Waals surface area (Å²) in [6, 6.07) is 13.6. The Bertz CT molecular complexity index is 2620. The number of para-hydroxylation sites is 1. The number of piperidine rings is 2. The molecule has 2 aromatic heterocycles. The van der Waals surface area contributed by atoms with Crippen molar-refractivity contribution in [2.45, 2.75) is 58.5 Å². The molecule has 3 aromatic carbocycles. The molecular formula is C44H46FN11O5. The highest BCUT2D eigenvalue weighted by Crippen LogP contribution is 2.33. The first-order valence-corrected chi connectivity index (χ1v) is 20.6. The minimum atomic E-state index is -1.15. The number of aryl methyl sites for hydroxylation is 3. The Morgan fingerprint density at radius 2 is 1.66 bits per heavy atom. The topological polar surface area (TPSA) is 187 Å².